The topological polar surface area (TPSA) is 58.6 Å². The molecule has 0 saturated carbocycles. The Hall–Kier alpha value is -2.67. The van der Waals surface area contributed by atoms with Crippen LogP contribution in [0.15, 0.2) is 36.4 Å². The molecule has 0 unspecified atom stereocenters. The first-order valence-electron chi connectivity index (χ1n) is 10.2. The zero-order valence-electron chi connectivity index (χ0n) is 17.5. The van der Waals surface area contributed by atoms with Gasteiger partial charge in [-0.25, -0.2) is 8.78 Å². The van der Waals surface area contributed by atoms with Gasteiger partial charge in [0.1, 0.15) is 17.4 Å². The molecule has 1 N–H and O–H groups in total. The molecule has 5 nitrogen and oxygen atoms in total. The number of carbonyl (C=O) groups excluding carboxylic acids is 2. The molecule has 3 rings (SSSR count). The highest BCUT2D eigenvalue weighted by Crippen LogP contribution is 2.29. The standard InChI is InChI=1S/C23H25ClF2N2O3/c1-14(2)13-31-21-6-4-17(12-19(21)24)27-22(29)15-7-9-28(10-8-15)23(30)18-5-3-16(25)11-20(18)26/h3-6,11-12,14-15H,7-10,13H2,1-2H3,(H,27,29). The van der Waals surface area contributed by atoms with Crippen molar-refractivity contribution in [2.45, 2.75) is 26.7 Å². The minimum absolute atomic E-state index is 0.160. The van der Waals surface area contributed by atoms with E-state index in [-0.39, 0.29) is 17.4 Å². The molecular formula is C23H25ClF2N2O3. The Bertz CT molecular complexity index is 960. The van der Waals surface area contributed by atoms with E-state index in [0.717, 1.165) is 12.1 Å². The Morgan fingerprint density at radius 3 is 2.48 bits per heavy atom. The molecule has 1 fully saturated rings. The van der Waals surface area contributed by atoms with Gasteiger partial charge in [0.25, 0.3) is 5.91 Å². The number of piperidine rings is 1. The molecule has 1 heterocycles. The van der Waals surface area contributed by atoms with E-state index in [2.05, 4.69) is 5.32 Å². The van der Waals surface area contributed by atoms with E-state index >= 15 is 0 Å². The second-order valence-electron chi connectivity index (χ2n) is 8.03. The molecule has 2 aromatic rings. The van der Waals surface area contributed by atoms with Crippen LogP contribution in [0.25, 0.3) is 0 Å². The second kappa shape index (κ2) is 10.1. The molecule has 2 amide bonds. The van der Waals surface area contributed by atoms with E-state index in [1.807, 2.05) is 13.8 Å². The average Bonchev–Trinajstić information content (AvgIpc) is 2.72. The highest BCUT2D eigenvalue weighted by molar-refractivity contribution is 6.32. The number of amides is 2. The van der Waals surface area contributed by atoms with Crippen molar-refractivity contribution in [3.8, 4) is 5.75 Å². The number of likely N-dealkylation sites (tertiary alicyclic amines) is 1. The second-order valence-corrected chi connectivity index (χ2v) is 8.44. The smallest absolute Gasteiger partial charge is 0.256 e. The highest BCUT2D eigenvalue weighted by Gasteiger charge is 2.29. The quantitative estimate of drug-likeness (QED) is 0.662. The first kappa shape index (κ1) is 23.0. The van der Waals surface area contributed by atoms with Crippen LogP contribution in [0.2, 0.25) is 5.02 Å². The van der Waals surface area contributed by atoms with E-state index < -0.39 is 17.5 Å². The summed E-state index contributed by atoms with van der Waals surface area (Å²) in [6, 6.07) is 7.99. The van der Waals surface area contributed by atoms with Crippen LogP contribution in [0.1, 0.15) is 37.0 Å². The number of nitrogens with one attached hydrogen (secondary N) is 1. The molecule has 1 aliphatic rings. The molecule has 0 spiro atoms. The van der Waals surface area contributed by atoms with Crippen molar-refractivity contribution in [1.29, 1.82) is 0 Å². The Morgan fingerprint density at radius 2 is 1.87 bits per heavy atom. The van der Waals surface area contributed by atoms with Gasteiger partial charge in [-0.1, -0.05) is 25.4 Å². The van der Waals surface area contributed by atoms with Gasteiger partial charge in [-0.15, -0.1) is 0 Å². The van der Waals surface area contributed by atoms with Gasteiger partial charge < -0.3 is 15.0 Å². The van der Waals surface area contributed by atoms with Gasteiger partial charge in [0.05, 0.1) is 17.2 Å². The zero-order valence-corrected chi connectivity index (χ0v) is 18.2. The summed E-state index contributed by atoms with van der Waals surface area (Å²) >= 11 is 6.24. The number of benzene rings is 2. The van der Waals surface area contributed by atoms with Crippen molar-refractivity contribution < 1.29 is 23.1 Å². The minimum Gasteiger partial charge on any atom is -0.492 e. The number of hydrogen-bond donors (Lipinski definition) is 1. The summed E-state index contributed by atoms with van der Waals surface area (Å²) in [6.07, 6.45) is 0.896. The number of nitrogens with zero attached hydrogens (tertiary/aromatic N) is 1. The SMILES string of the molecule is CC(C)COc1ccc(NC(=O)C2CCN(C(=O)c3ccc(F)cc3F)CC2)cc1Cl. The van der Waals surface area contributed by atoms with Gasteiger partial charge in [0, 0.05) is 30.8 Å². The summed E-state index contributed by atoms with van der Waals surface area (Å²) in [6.45, 7) is 5.26. The molecule has 8 heteroatoms. The largest absolute Gasteiger partial charge is 0.492 e. The van der Waals surface area contributed by atoms with Crippen LogP contribution in [0, 0.1) is 23.5 Å². The molecule has 0 atom stereocenters. The molecule has 1 saturated heterocycles. The third kappa shape index (κ3) is 5.94. The van der Waals surface area contributed by atoms with E-state index in [1.54, 1.807) is 18.2 Å². The lowest BCUT2D eigenvalue weighted by Crippen LogP contribution is -2.41. The van der Waals surface area contributed by atoms with Gasteiger partial charge >= 0.3 is 0 Å². The lowest BCUT2D eigenvalue weighted by molar-refractivity contribution is -0.121. The number of carbonyl (C=O) groups is 2. The van der Waals surface area contributed by atoms with Gasteiger partial charge in [0.2, 0.25) is 5.91 Å². The zero-order chi connectivity index (χ0) is 22.5. The number of anilines is 1. The Morgan fingerprint density at radius 1 is 1.16 bits per heavy atom. The number of rotatable bonds is 6. The predicted molar refractivity (Wildman–Crippen MR) is 115 cm³/mol. The molecule has 2 aromatic carbocycles. The van der Waals surface area contributed by atoms with Crippen molar-refractivity contribution in [2.75, 3.05) is 25.0 Å². The summed E-state index contributed by atoms with van der Waals surface area (Å²) in [4.78, 5) is 26.6. The monoisotopic (exact) mass is 450 g/mol. The Labute approximate surface area is 185 Å². The van der Waals surface area contributed by atoms with Gasteiger partial charge in [-0.05, 0) is 49.1 Å². The Kier molecular flexibility index (Phi) is 7.49. The highest BCUT2D eigenvalue weighted by atomic mass is 35.5. The normalized spacial score (nSPS) is 14.6. The molecule has 31 heavy (non-hydrogen) atoms. The molecule has 0 radical (unpaired) electrons. The van der Waals surface area contributed by atoms with Crippen LogP contribution in [0.3, 0.4) is 0 Å². The van der Waals surface area contributed by atoms with Crippen LogP contribution in [0.4, 0.5) is 14.5 Å². The summed E-state index contributed by atoms with van der Waals surface area (Å²) in [5.74, 6) is -1.63. The molecule has 166 valence electrons. The summed E-state index contributed by atoms with van der Waals surface area (Å²) in [7, 11) is 0. The van der Waals surface area contributed by atoms with Crippen LogP contribution >= 0.6 is 11.6 Å². The predicted octanol–water partition coefficient (Wildman–Crippen LogP) is 5.14. The minimum atomic E-state index is -0.887. The van der Waals surface area contributed by atoms with Crippen molar-refractivity contribution >= 4 is 29.1 Å². The summed E-state index contributed by atoms with van der Waals surface area (Å²) in [5.41, 5.74) is 0.400. The van der Waals surface area contributed by atoms with Crippen molar-refractivity contribution in [3.63, 3.8) is 0 Å². The fourth-order valence-corrected chi connectivity index (χ4v) is 3.61. The third-order valence-corrected chi connectivity index (χ3v) is 5.38. The molecule has 0 aliphatic carbocycles. The maximum Gasteiger partial charge on any atom is 0.256 e. The van der Waals surface area contributed by atoms with Gasteiger partial charge in [0.15, 0.2) is 0 Å². The summed E-state index contributed by atoms with van der Waals surface area (Å²) in [5, 5.41) is 3.27. The third-order valence-electron chi connectivity index (χ3n) is 5.09. The van der Waals surface area contributed by atoms with Crippen LogP contribution in [0.5, 0.6) is 5.75 Å². The summed E-state index contributed by atoms with van der Waals surface area (Å²) < 4.78 is 32.6. The average molecular weight is 451 g/mol. The maximum absolute atomic E-state index is 13.9. The number of ether oxygens (including phenoxy) is 1. The van der Waals surface area contributed by atoms with Crippen LogP contribution in [-0.2, 0) is 4.79 Å². The van der Waals surface area contributed by atoms with Gasteiger partial charge in [-0.3, -0.25) is 9.59 Å². The molecule has 0 aromatic heterocycles. The molecule has 1 aliphatic heterocycles. The van der Waals surface area contributed by atoms with Crippen LogP contribution in [-0.4, -0.2) is 36.4 Å². The fraction of sp³-hybridized carbons (Fsp3) is 0.391. The first-order chi connectivity index (χ1) is 14.7. The number of hydrogen-bond acceptors (Lipinski definition) is 3. The van der Waals surface area contributed by atoms with Crippen molar-refractivity contribution in [1.82, 2.24) is 4.90 Å². The van der Waals surface area contributed by atoms with E-state index in [9.17, 15) is 18.4 Å². The lowest BCUT2D eigenvalue weighted by atomic mass is 9.95. The van der Waals surface area contributed by atoms with Crippen molar-refractivity contribution in [3.05, 3.63) is 58.6 Å². The van der Waals surface area contributed by atoms with E-state index in [0.29, 0.717) is 61.0 Å². The van der Waals surface area contributed by atoms with E-state index in [4.69, 9.17) is 16.3 Å². The first-order valence-corrected chi connectivity index (χ1v) is 10.6. The maximum atomic E-state index is 13.9. The Balaban J connectivity index is 1.54. The molecule has 0 bridgehead atoms. The van der Waals surface area contributed by atoms with E-state index in [1.165, 1.54) is 4.90 Å². The fourth-order valence-electron chi connectivity index (χ4n) is 3.37. The molecular weight excluding hydrogens is 426 g/mol. The lowest BCUT2D eigenvalue weighted by Gasteiger charge is -2.31. The van der Waals surface area contributed by atoms with Gasteiger partial charge in [-0.2, -0.15) is 0 Å². The van der Waals surface area contributed by atoms with Crippen molar-refractivity contribution in [2.24, 2.45) is 11.8 Å². The van der Waals surface area contributed by atoms with Crippen LogP contribution < -0.4 is 10.1 Å². The number of halogens is 3.